The molecule has 1 atom stereocenters. The van der Waals surface area contributed by atoms with E-state index < -0.39 is 23.9 Å². The molecular formula is C23H36BFN2O4. The van der Waals surface area contributed by atoms with Crippen molar-refractivity contribution in [1.82, 2.24) is 9.80 Å². The molecule has 3 rings (SSSR count). The standard InChI is InChI=1S/C23H36BFN2O4/c1-16-14-27(20(28)29-21(2,3)4)12-11-26(16)15-17-9-10-18(13-19(17)25)24-30-22(5,6)23(7,8)31-24/h9-10,13,16H,11-12,14-15H2,1-8H3/t16-/m0/s1. The van der Waals surface area contributed by atoms with Gasteiger partial charge in [-0.15, -0.1) is 0 Å². The fourth-order valence-corrected chi connectivity index (χ4v) is 3.76. The molecule has 1 aromatic rings. The minimum Gasteiger partial charge on any atom is -0.444 e. The fraction of sp³-hybridized carbons (Fsp3) is 0.696. The van der Waals surface area contributed by atoms with Crippen LogP contribution in [0.5, 0.6) is 0 Å². The summed E-state index contributed by atoms with van der Waals surface area (Å²) in [6, 6.07) is 5.30. The van der Waals surface area contributed by atoms with E-state index in [9.17, 15) is 9.18 Å². The zero-order valence-electron chi connectivity index (χ0n) is 20.1. The summed E-state index contributed by atoms with van der Waals surface area (Å²) in [6.45, 7) is 17.8. The van der Waals surface area contributed by atoms with Gasteiger partial charge >= 0.3 is 13.2 Å². The average molecular weight is 434 g/mol. The van der Waals surface area contributed by atoms with Crippen LogP contribution in [0, 0.1) is 5.82 Å². The Morgan fingerprint density at radius 1 is 1.19 bits per heavy atom. The predicted molar refractivity (Wildman–Crippen MR) is 120 cm³/mol. The minimum absolute atomic E-state index is 0.100. The van der Waals surface area contributed by atoms with Crippen molar-refractivity contribution in [2.24, 2.45) is 0 Å². The molecular weight excluding hydrogens is 398 g/mol. The van der Waals surface area contributed by atoms with Gasteiger partial charge in [0.15, 0.2) is 0 Å². The van der Waals surface area contributed by atoms with Crippen molar-refractivity contribution in [3.63, 3.8) is 0 Å². The van der Waals surface area contributed by atoms with Gasteiger partial charge in [0.05, 0.1) is 11.2 Å². The molecule has 0 radical (unpaired) electrons. The Labute approximate surface area is 186 Å². The maximum Gasteiger partial charge on any atom is 0.494 e. The number of benzene rings is 1. The van der Waals surface area contributed by atoms with Crippen LogP contribution in [-0.2, 0) is 20.6 Å². The first-order chi connectivity index (χ1) is 14.2. The monoisotopic (exact) mass is 434 g/mol. The molecule has 172 valence electrons. The molecule has 6 nitrogen and oxygen atoms in total. The highest BCUT2D eigenvalue weighted by Gasteiger charge is 2.51. The van der Waals surface area contributed by atoms with Crippen LogP contribution in [0.4, 0.5) is 9.18 Å². The second-order valence-corrected chi connectivity index (χ2v) is 10.7. The zero-order chi connectivity index (χ0) is 23.2. The first kappa shape index (κ1) is 24.0. The maximum atomic E-state index is 14.9. The van der Waals surface area contributed by atoms with Crippen LogP contribution < -0.4 is 5.46 Å². The summed E-state index contributed by atoms with van der Waals surface area (Å²) in [5.74, 6) is -0.269. The maximum absolute atomic E-state index is 14.9. The van der Waals surface area contributed by atoms with Gasteiger partial charge in [0.1, 0.15) is 11.4 Å². The second-order valence-electron chi connectivity index (χ2n) is 10.7. The van der Waals surface area contributed by atoms with Crippen molar-refractivity contribution in [3.8, 4) is 0 Å². The van der Waals surface area contributed by atoms with E-state index in [1.807, 2.05) is 67.5 Å². The molecule has 2 aliphatic rings. The number of ether oxygens (including phenoxy) is 1. The van der Waals surface area contributed by atoms with E-state index in [0.29, 0.717) is 37.2 Å². The molecule has 0 bridgehead atoms. The van der Waals surface area contributed by atoms with Crippen molar-refractivity contribution in [3.05, 3.63) is 29.6 Å². The van der Waals surface area contributed by atoms with Gasteiger partial charge in [0, 0.05) is 37.8 Å². The Morgan fingerprint density at radius 3 is 2.32 bits per heavy atom. The number of rotatable bonds is 3. The third kappa shape index (κ3) is 5.41. The van der Waals surface area contributed by atoms with Gasteiger partial charge in [-0.25, -0.2) is 9.18 Å². The van der Waals surface area contributed by atoms with Gasteiger partial charge in [-0.05, 0) is 66.9 Å². The first-order valence-corrected chi connectivity index (χ1v) is 11.0. The van der Waals surface area contributed by atoms with Crippen LogP contribution in [0.1, 0.15) is 61.0 Å². The highest BCUT2D eigenvalue weighted by molar-refractivity contribution is 6.62. The Morgan fingerprint density at radius 2 is 1.81 bits per heavy atom. The number of nitrogens with zero attached hydrogens (tertiary/aromatic N) is 2. The Balaban J connectivity index is 1.62. The molecule has 8 heteroatoms. The third-order valence-corrected chi connectivity index (χ3v) is 6.39. The van der Waals surface area contributed by atoms with Crippen LogP contribution in [0.2, 0.25) is 0 Å². The van der Waals surface area contributed by atoms with Gasteiger partial charge in [0.25, 0.3) is 0 Å². The molecule has 2 saturated heterocycles. The summed E-state index contributed by atoms with van der Waals surface area (Å²) in [6.07, 6.45) is -0.294. The summed E-state index contributed by atoms with van der Waals surface area (Å²) in [4.78, 5) is 16.2. The topological polar surface area (TPSA) is 51.2 Å². The third-order valence-electron chi connectivity index (χ3n) is 6.39. The van der Waals surface area contributed by atoms with Gasteiger partial charge in [-0.1, -0.05) is 12.1 Å². The van der Waals surface area contributed by atoms with Gasteiger partial charge in [-0.3, -0.25) is 4.90 Å². The van der Waals surface area contributed by atoms with Crippen molar-refractivity contribution >= 4 is 18.7 Å². The first-order valence-electron chi connectivity index (χ1n) is 11.0. The molecule has 0 saturated carbocycles. The van der Waals surface area contributed by atoms with Crippen molar-refractivity contribution in [1.29, 1.82) is 0 Å². The van der Waals surface area contributed by atoms with Gasteiger partial charge in [-0.2, -0.15) is 0 Å². The fourth-order valence-electron chi connectivity index (χ4n) is 3.76. The Hall–Kier alpha value is -1.64. The lowest BCUT2D eigenvalue weighted by atomic mass is 9.78. The summed E-state index contributed by atoms with van der Waals surface area (Å²) < 4.78 is 32.5. The number of amides is 1. The molecule has 1 amide bonds. The van der Waals surface area contributed by atoms with Crippen molar-refractivity contribution < 1.29 is 23.2 Å². The van der Waals surface area contributed by atoms with Crippen LogP contribution in [0.15, 0.2) is 18.2 Å². The quantitative estimate of drug-likeness (QED) is 0.681. The van der Waals surface area contributed by atoms with Crippen molar-refractivity contribution in [2.45, 2.75) is 84.8 Å². The number of carbonyl (C=O) groups excluding carboxylic acids is 1. The molecule has 2 aliphatic heterocycles. The zero-order valence-corrected chi connectivity index (χ0v) is 20.1. The lowest BCUT2D eigenvalue weighted by Gasteiger charge is -2.40. The summed E-state index contributed by atoms with van der Waals surface area (Å²) in [5.41, 5.74) is -0.133. The minimum atomic E-state index is -0.579. The molecule has 2 fully saturated rings. The van der Waals surface area contributed by atoms with Crippen LogP contribution >= 0.6 is 0 Å². The number of hydrogen-bond acceptors (Lipinski definition) is 5. The molecule has 2 heterocycles. The Bertz CT molecular complexity index is 808. The van der Waals surface area contributed by atoms with Crippen molar-refractivity contribution in [2.75, 3.05) is 19.6 Å². The molecule has 0 unspecified atom stereocenters. The highest BCUT2D eigenvalue weighted by atomic mass is 19.1. The number of carbonyl (C=O) groups is 1. The highest BCUT2D eigenvalue weighted by Crippen LogP contribution is 2.36. The van der Waals surface area contributed by atoms with E-state index in [2.05, 4.69) is 4.90 Å². The Kier molecular flexibility index (Phi) is 6.49. The molecule has 0 spiro atoms. The second kappa shape index (κ2) is 8.37. The van der Waals surface area contributed by atoms with Crippen LogP contribution in [-0.4, -0.2) is 65.5 Å². The smallest absolute Gasteiger partial charge is 0.444 e. The van der Waals surface area contributed by atoms with E-state index in [0.717, 1.165) is 0 Å². The van der Waals surface area contributed by atoms with E-state index in [4.69, 9.17) is 14.0 Å². The van der Waals surface area contributed by atoms with Crippen LogP contribution in [0.25, 0.3) is 0 Å². The summed E-state index contributed by atoms with van der Waals surface area (Å²) in [5, 5.41) is 0. The predicted octanol–water partition coefficient (Wildman–Crippen LogP) is 3.57. The molecule has 1 aromatic carbocycles. The lowest BCUT2D eigenvalue weighted by Crippen LogP contribution is -2.54. The number of hydrogen-bond donors (Lipinski definition) is 0. The van der Waals surface area contributed by atoms with E-state index in [1.165, 1.54) is 6.07 Å². The van der Waals surface area contributed by atoms with Crippen LogP contribution in [0.3, 0.4) is 0 Å². The van der Waals surface area contributed by atoms with Gasteiger partial charge in [0.2, 0.25) is 0 Å². The number of piperazine rings is 1. The normalized spacial score (nSPS) is 23.8. The van der Waals surface area contributed by atoms with Gasteiger partial charge < -0.3 is 18.9 Å². The molecule has 0 N–H and O–H groups in total. The summed E-state index contributed by atoms with van der Waals surface area (Å²) >= 11 is 0. The molecule has 31 heavy (non-hydrogen) atoms. The molecule has 0 aliphatic carbocycles. The largest absolute Gasteiger partial charge is 0.494 e. The number of halogens is 1. The van der Waals surface area contributed by atoms with E-state index >= 15 is 0 Å². The SMILES string of the molecule is C[C@H]1CN(C(=O)OC(C)(C)C)CCN1Cc1ccc(B2OC(C)(C)C(C)(C)O2)cc1F. The summed E-state index contributed by atoms with van der Waals surface area (Å²) in [7, 11) is -0.579. The molecule has 0 aromatic heterocycles. The average Bonchev–Trinajstić information content (AvgIpc) is 2.84. The van der Waals surface area contributed by atoms with E-state index in [1.54, 1.807) is 4.90 Å². The lowest BCUT2D eigenvalue weighted by molar-refractivity contribution is 0.00446. The van der Waals surface area contributed by atoms with E-state index in [-0.39, 0.29) is 18.0 Å².